The molecule has 2 N–H and O–H groups in total. The molecule has 0 bridgehead atoms. The Balaban J connectivity index is 0.00000144. The average molecular weight is 297 g/mol. The molecule has 0 aliphatic carbocycles. The van der Waals surface area contributed by atoms with Crippen LogP contribution >= 0.6 is 35.6 Å². The predicted molar refractivity (Wildman–Crippen MR) is 74.2 cm³/mol. The van der Waals surface area contributed by atoms with Gasteiger partial charge in [0.25, 0.3) is 0 Å². The highest BCUT2D eigenvalue weighted by atomic mass is 35.5. The van der Waals surface area contributed by atoms with Crippen molar-refractivity contribution in [1.29, 1.82) is 0 Å². The zero-order chi connectivity index (χ0) is 11.5. The minimum Gasteiger partial charge on any atom is -0.381 e. The van der Waals surface area contributed by atoms with Crippen LogP contribution in [0.15, 0.2) is 18.2 Å². The Morgan fingerprint density at radius 2 is 1.88 bits per heavy atom. The van der Waals surface area contributed by atoms with Gasteiger partial charge in [0.05, 0.1) is 0 Å². The summed E-state index contributed by atoms with van der Waals surface area (Å²) in [5.41, 5.74) is 7.22. The van der Waals surface area contributed by atoms with E-state index in [1.165, 1.54) is 0 Å². The highest BCUT2D eigenvalue weighted by molar-refractivity contribution is 6.35. The molecule has 1 aliphatic heterocycles. The quantitative estimate of drug-likeness (QED) is 0.900. The molecule has 96 valence electrons. The summed E-state index contributed by atoms with van der Waals surface area (Å²) in [6.07, 6.45) is 2.00. The van der Waals surface area contributed by atoms with Crippen molar-refractivity contribution in [2.45, 2.75) is 18.9 Å². The lowest BCUT2D eigenvalue weighted by atomic mass is 9.88. The van der Waals surface area contributed by atoms with Crippen LogP contribution in [0.3, 0.4) is 0 Å². The van der Waals surface area contributed by atoms with Gasteiger partial charge in [-0.05, 0) is 36.5 Å². The molecule has 1 fully saturated rings. The summed E-state index contributed by atoms with van der Waals surface area (Å²) in [6.45, 7) is 1.59. The van der Waals surface area contributed by atoms with E-state index in [4.69, 9.17) is 33.7 Å². The van der Waals surface area contributed by atoms with E-state index in [1.807, 2.05) is 12.1 Å². The third-order valence-electron chi connectivity index (χ3n) is 3.10. The van der Waals surface area contributed by atoms with Gasteiger partial charge in [0.15, 0.2) is 0 Å². The van der Waals surface area contributed by atoms with Crippen LogP contribution in [0.2, 0.25) is 10.0 Å². The molecule has 5 heteroatoms. The molecule has 2 nitrogen and oxygen atoms in total. The second-order valence-corrected chi connectivity index (χ2v) is 4.99. The van der Waals surface area contributed by atoms with Gasteiger partial charge in [-0.25, -0.2) is 0 Å². The molecule has 0 unspecified atom stereocenters. The molecule has 0 spiro atoms. The van der Waals surface area contributed by atoms with E-state index in [0.29, 0.717) is 16.0 Å². The van der Waals surface area contributed by atoms with Gasteiger partial charge < -0.3 is 10.5 Å². The minimum atomic E-state index is -0.0198. The Kier molecular flexibility index (Phi) is 6.04. The molecule has 2 rings (SSSR count). The summed E-state index contributed by atoms with van der Waals surface area (Å²) in [6, 6.07) is 5.48. The maximum absolute atomic E-state index is 6.24. The molecule has 0 saturated carbocycles. The van der Waals surface area contributed by atoms with E-state index in [9.17, 15) is 0 Å². The maximum atomic E-state index is 6.24. The van der Waals surface area contributed by atoms with Crippen LogP contribution in [0.25, 0.3) is 0 Å². The van der Waals surface area contributed by atoms with Gasteiger partial charge in [0.2, 0.25) is 0 Å². The van der Waals surface area contributed by atoms with Crippen LogP contribution in [0.5, 0.6) is 0 Å². The Bertz CT molecular complexity index is 367. The van der Waals surface area contributed by atoms with Crippen LogP contribution in [0, 0.1) is 5.92 Å². The Morgan fingerprint density at radius 3 is 2.47 bits per heavy atom. The summed E-state index contributed by atoms with van der Waals surface area (Å²) >= 11 is 12.0. The van der Waals surface area contributed by atoms with E-state index >= 15 is 0 Å². The van der Waals surface area contributed by atoms with Crippen molar-refractivity contribution in [3.05, 3.63) is 33.8 Å². The Hall–Kier alpha value is 0.01000. The molecule has 1 saturated heterocycles. The van der Waals surface area contributed by atoms with Gasteiger partial charge in [-0.3, -0.25) is 0 Å². The van der Waals surface area contributed by atoms with Crippen LogP contribution in [0.1, 0.15) is 24.4 Å². The molecule has 1 atom stereocenters. The molecule has 1 aromatic rings. The summed E-state index contributed by atoms with van der Waals surface area (Å²) in [5.74, 6) is 0.451. The SMILES string of the molecule is Cl.N[C@@H](c1ccc(Cl)cc1Cl)C1CCOCC1. The average Bonchev–Trinajstić information content (AvgIpc) is 2.29. The van der Waals surface area contributed by atoms with Crippen molar-refractivity contribution < 1.29 is 4.74 Å². The lowest BCUT2D eigenvalue weighted by molar-refractivity contribution is 0.0584. The molecule has 0 amide bonds. The lowest BCUT2D eigenvalue weighted by Crippen LogP contribution is -2.27. The van der Waals surface area contributed by atoms with Gasteiger partial charge in [-0.1, -0.05) is 29.3 Å². The number of ether oxygens (including phenoxy) is 1. The van der Waals surface area contributed by atoms with Crippen LogP contribution in [0.4, 0.5) is 0 Å². The normalized spacial score (nSPS) is 18.5. The predicted octanol–water partition coefficient (Wildman–Crippen LogP) is 3.84. The first kappa shape index (κ1) is 15.1. The topological polar surface area (TPSA) is 35.2 Å². The second kappa shape index (κ2) is 6.81. The monoisotopic (exact) mass is 295 g/mol. The van der Waals surface area contributed by atoms with E-state index in [-0.39, 0.29) is 18.4 Å². The maximum Gasteiger partial charge on any atom is 0.0469 e. The van der Waals surface area contributed by atoms with E-state index in [1.54, 1.807) is 6.07 Å². The van der Waals surface area contributed by atoms with Crippen molar-refractivity contribution >= 4 is 35.6 Å². The summed E-state index contributed by atoms with van der Waals surface area (Å²) in [4.78, 5) is 0. The largest absolute Gasteiger partial charge is 0.381 e. The molecule has 1 aliphatic rings. The lowest BCUT2D eigenvalue weighted by Gasteiger charge is -2.28. The van der Waals surface area contributed by atoms with Crippen molar-refractivity contribution in [3.63, 3.8) is 0 Å². The number of hydrogen-bond donors (Lipinski definition) is 1. The first-order valence-electron chi connectivity index (χ1n) is 5.47. The van der Waals surface area contributed by atoms with Crippen LogP contribution in [-0.2, 0) is 4.74 Å². The highest BCUT2D eigenvalue weighted by Gasteiger charge is 2.23. The van der Waals surface area contributed by atoms with E-state index < -0.39 is 0 Å². The molecule has 0 radical (unpaired) electrons. The van der Waals surface area contributed by atoms with Gasteiger partial charge in [-0.2, -0.15) is 0 Å². The van der Waals surface area contributed by atoms with E-state index in [2.05, 4.69) is 0 Å². The zero-order valence-corrected chi connectivity index (χ0v) is 11.7. The molecule has 1 heterocycles. The van der Waals surface area contributed by atoms with Gasteiger partial charge in [-0.15, -0.1) is 12.4 Å². The number of hydrogen-bond acceptors (Lipinski definition) is 2. The van der Waals surface area contributed by atoms with Crippen LogP contribution in [-0.4, -0.2) is 13.2 Å². The Morgan fingerprint density at radius 1 is 1.24 bits per heavy atom. The highest BCUT2D eigenvalue weighted by Crippen LogP contribution is 2.33. The fourth-order valence-corrected chi connectivity index (χ4v) is 2.64. The third kappa shape index (κ3) is 3.73. The number of nitrogens with two attached hydrogens (primary N) is 1. The first-order valence-corrected chi connectivity index (χ1v) is 6.22. The van der Waals surface area contributed by atoms with Crippen molar-refractivity contribution in [2.24, 2.45) is 11.7 Å². The summed E-state index contributed by atoms with van der Waals surface area (Å²) in [5, 5.41) is 1.31. The Labute approximate surface area is 118 Å². The molecular formula is C12H16Cl3NO. The molecule has 0 aromatic heterocycles. The first-order chi connectivity index (χ1) is 7.68. The van der Waals surface area contributed by atoms with Gasteiger partial charge in [0, 0.05) is 29.3 Å². The third-order valence-corrected chi connectivity index (χ3v) is 3.66. The zero-order valence-electron chi connectivity index (χ0n) is 9.36. The summed E-state index contributed by atoms with van der Waals surface area (Å²) in [7, 11) is 0. The minimum absolute atomic E-state index is 0. The fourth-order valence-electron chi connectivity index (χ4n) is 2.10. The number of halogens is 3. The molecule has 17 heavy (non-hydrogen) atoms. The van der Waals surface area contributed by atoms with Gasteiger partial charge >= 0.3 is 0 Å². The van der Waals surface area contributed by atoms with Gasteiger partial charge in [0.1, 0.15) is 0 Å². The fraction of sp³-hybridized carbons (Fsp3) is 0.500. The van der Waals surface area contributed by atoms with Crippen molar-refractivity contribution in [3.8, 4) is 0 Å². The van der Waals surface area contributed by atoms with Crippen molar-refractivity contribution in [1.82, 2.24) is 0 Å². The van der Waals surface area contributed by atoms with Crippen molar-refractivity contribution in [2.75, 3.05) is 13.2 Å². The number of benzene rings is 1. The number of rotatable bonds is 2. The standard InChI is InChI=1S/C12H15Cl2NO.ClH/c13-9-1-2-10(11(14)7-9)12(15)8-3-5-16-6-4-8;/h1-2,7-8,12H,3-6,15H2;1H/t12-;/m1./s1. The van der Waals surface area contributed by atoms with Crippen LogP contribution < -0.4 is 5.73 Å². The van der Waals surface area contributed by atoms with E-state index in [0.717, 1.165) is 31.6 Å². The summed E-state index contributed by atoms with van der Waals surface area (Å²) < 4.78 is 5.33. The molecule has 1 aromatic carbocycles. The second-order valence-electron chi connectivity index (χ2n) is 4.14. The molecular weight excluding hydrogens is 280 g/mol. The smallest absolute Gasteiger partial charge is 0.0469 e.